The maximum absolute atomic E-state index is 12.9. The largest absolute Gasteiger partial charge is 0.490 e. The summed E-state index contributed by atoms with van der Waals surface area (Å²) in [5.41, 5.74) is -1.69. The van der Waals surface area contributed by atoms with Crippen molar-refractivity contribution in [3.05, 3.63) is 57.4 Å². The summed E-state index contributed by atoms with van der Waals surface area (Å²) < 4.78 is 41.2. The number of hydrogen-bond acceptors (Lipinski definition) is 6. The van der Waals surface area contributed by atoms with Gasteiger partial charge in [0.25, 0.3) is 5.56 Å². The minimum Gasteiger partial charge on any atom is -0.490 e. The zero-order valence-corrected chi connectivity index (χ0v) is 19.3. The van der Waals surface area contributed by atoms with Gasteiger partial charge in [0.2, 0.25) is 10.0 Å². The molecule has 2 N–H and O–H groups in total. The molecule has 1 aromatic heterocycles. The zero-order chi connectivity index (χ0) is 23.2. The van der Waals surface area contributed by atoms with Crippen LogP contribution < -0.4 is 20.7 Å². The van der Waals surface area contributed by atoms with Crippen LogP contribution in [-0.2, 0) is 21.5 Å². The minimum absolute atomic E-state index is 0.00948. The van der Waals surface area contributed by atoms with E-state index in [0.29, 0.717) is 25.2 Å². The molecular formula is C22H31N3O6S. The number of aromatic nitrogens is 2. The maximum atomic E-state index is 12.9. The SMILES string of the molecule is CC(C)(CCCOCn1ccc(=O)[nH]c1=O)NS(=O)(=O)c1cccc(OC2CCCC2)c1. The molecule has 176 valence electrons. The lowest BCUT2D eigenvalue weighted by atomic mass is 10.0. The molecule has 1 aliphatic rings. The molecule has 2 aromatic rings. The first-order valence-corrected chi connectivity index (χ1v) is 12.3. The topological polar surface area (TPSA) is 119 Å². The Bertz CT molecular complexity index is 1120. The molecule has 0 spiro atoms. The van der Waals surface area contributed by atoms with Crippen molar-refractivity contribution in [3.8, 4) is 5.75 Å². The van der Waals surface area contributed by atoms with Crippen molar-refractivity contribution in [2.45, 2.75) is 75.6 Å². The Hall–Kier alpha value is -2.43. The number of H-pyrrole nitrogens is 1. The zero-order valence-electron chi connectivity index (χ0n) is 18.5. The summed E-state index contributed by atoms with van der Waals surface area (Å²) in [4.78, 5) is 25.0. The Balaban J connectivity index is 1.49. The van der Waals surface area contributed by atoms with E-state index >= 15 is 0 Å². The average Bonchev–Trinajstić information content (AvgIpc) is 3.21. The predicted octanol–water partition coefficient (Wildman–Crippen LogP) is 2.37. The van der Waals surface area contributed by atoms with Gasteiger partial charge >= 0.3 is 5.69 Å². The molecule has 1 aliphatic carbocycles. The fraction of sp³-hybridized carbons (Fsp3) is 0.545. The molecule has 9 nitrogen and oxygen atoms in total. The van der Waals surface area contributed by atoms with Crippen molar-refractivity contribution in [2.75, 3.05) is 6.61 Å². The Morgan fingerprint density at radius 2 is 1.94 bits per heavy atom. The van der Waals surface area contributed by atoms with Crippen molar-refractivity contribution < 1.29 is 17.9 Å². The van der Waals surface area contributed by atoms with Crippen molar-refractivity contribution in [1.29, 1.82) is 0 Å². The van der Waals surface area contributed by atoms with Gasteiger partial charge in [-0.05, 0) is 64.5 Å². The van der Waals surface area contributed by atoms with Gasteiger partial charge in [-0.1, -0.05) is 6.07 Å². The van der Waals surface area contributed by atoms with Crippen molar-refractivity contribution in [1.82, 2.24) is 14.3 Å². The summed E-state index contributed by atoms with van der Waals surface area (Å²) in [6.07, 6.45) is 6.92. The highest BCUT2D eigenvalue weighted by Gasteiger charge is 2.26. The third-order valence-electron chi connectivity index (χ3n) is 5.35. The van der Waals surface area contributed by atoms with E-state index < -0.39 is 26.8 Å². The number of rotatable bonds is 11. The lowest BCUT2D eigenvalue weighted by molar-refractivity contribution is 0.0680. The van der Waals surface area contributed by atoms with E-state index in [9.17, 15) is 18.0 Å². The van der Waals surface area contributed by atoms with Crippen LogP contribution in [0.2, 0.25) is 0 Å². The summed E-state index contributed by atoms with van der Waals surface area (Å²) in [5, 5.41) is 0. The summed E-state index contributed by atoms with van der Waals surface area (Å²) in [7, 11) is -3.72. The van der Waals surface area contributed by atoms with Crippen molar-refractivity contribution >= 4 is 10.0 Å². The van der Waals surface area contributed by atoms with Crippen LogP contribution in [0.15, 0.2) is 51.0 Å². The Morgan fingerprint density at radius 3 is 2.66 bits per heavy atom. The average molecular weight is 466 g/mol. The number of sulfonamides is 1. The van der Waals surface area contributed by atoms with Crippen molar-refractivity contribution in [2.24, 2.45) is 0 Å². The van der Waals surface area contributed by atoms with Crippen LogP contribution >= 0.6 is 0 Å². The van der Waals surface area contributed by atoms with Crippen LogP contribution in [0.4, 0.5) is 0 Å². The van der Waals surface area contributed by atoms with E-state index in [2.05, 4.69) is 9.71 Å². The highest BCUT2D eigenvalue weighted by Crippen LogP contribution is 2.26. The molecule has 32 heavy (non-hydrogen) atoms. The van der Waals surface area contributed by atoms with Crippen LogP contribution in [0, 0.1) is 0 Å². The number of ether oxygens (including phenoxy) is 2. The van der Waals surface area contributed by atoms with Crippen LogP contribution in [0.5, 0.6) is 5.75 Å². The van der Waals surface area contributed by atoms with Crippen LogP contribution in [-0.4, -0.2) is 36.2 Å². The number of nitrogens with zero attached hydrogens (tertiary/aromatic N) is 1. The van der Waals surface area contributed by atoms with Gasteiger partial charge < -0.3 is 9.47 Å². The highest BCUT2D eigenvalue weighted by atomic mass is 32.2. The summed E-state index contributed by atoms with van der Waals surface area (Å²) in [6.45, 7) is 3.97. The quantitative estimate of drug-likeness (QED) is 0.492. The molecule has 0 bridgehead atoms. The second-order valence-corrected chi connectivity index (χ2v) is 10.4. The van der Waals surface area contributed by atoms with E-state index in [0.717, 1.165) is 25.7 Å². The maximum Gasteiger partial charge on any atom is 0.330 e. The fourth-order valence-electron chi connectivity index (χ4n) is 3.71. The smallest absolute Gasteiger partial charge is 0.330 e. The lowest BCUT2D eigenvalue weighted by Gasteiger charge is -2.26. The predicted molar refractivity (Wildman–Crippen MR) is 120 cm³/mol. The summed E-state index contributed by atoms with van der Waals surface area (Å²) in [5.74, 6) is 0.573. The standard InChI is InChI=1S/C22H31N3O6S/c1-22(2,12-6-14-30-16-25-13-11-20(26)23-21(25)27)24-32(28,29)19-10-5-9-18(15-19)31-17-7-3-4-8-17/h5,9-11,13,15,17,24H,3-4,6-8,12,14,16H2,1-2H3,(H,23,26,27). The molecule has 1 fully saturated rings. The monoisotopic (exact) mass is 465 g/mol. The van der Waals surface area contributed by atoms with Gasteiger partial charge in [0.05, 0.1) is 11.0 Å². The number of nitrogens with one attached hydrogen (secondary N) is 2. The highest BCUT2D eigenvalue weighted by molar-refractivity contribution is 7.89. The molecule has 10 heteroatoms. The molecule has 1 aromatic carbocycles. The molecular weight excluding hydrogens is 434 g/mol. The van der Waals surface area contributed by atoms with Gasteiger partial charge in [-0.25, -0.2) is 17.9 Å². The van der Waals surface area contributed by atoms with Gasteiger partial charge in [0, 0.05) is 30.5 Å². The van der Waals surface area contributed by atoms with Gasteiger partial charge in [-0.2, -0.15) is 0 Å². The first kappa shape index (κ1) is 24.2. The van der Waals surface area contributed by atoms with Crippen LogP contribution in [0.25, 0.3) is 0 Å². The number of benzene rings is 1. The van der Waals surface area contributed by atoms with Gasteiger partial charge in [-0.3, -0.25) is 14.3 Å². The van der Waals surface area contributed by atoms with E-state index in [1.165, 1.54) is 16.8 Å². The molecule has 0 radical (unpaired) electrons. The van der Waals surface area contributed by atoms with E-state index in [4.69, 9.17) is 9.47 Å². The normalized spacial score (nSPS) is 15.2. The molecule has 0 aliphatic heterocycles. The van der Waals surface area contributed by atoms with Gasteiger partial charge in [0.1, 0.15) is 12.5 Å². The molecule has 0 amide bonds. The number of hydrogen-bond donors (Lipinski definition) is 2. The van der Waals surface area contributed by atoms with Crippen LogP contribution in [0.1, 0.15) is 52.4 Å². The Kier molecular flexibility index (Phi) is 7.91. The van der Waals surface area contributed by atoms with E-state index in [-0.39, 0.29) is 17.7 Å². The molecule has 1 saturated carbocycles. The first-order valence-electron chi connectivity index (χ1n) is 10.8. The molecule has 0 unspecified atom stereocenters. The van der Waals surface area contributed by atoms with E-state index in [1.807, 2.05) is 13.8 Å². The van der Waals surface area contributed by atoms with Gasteiger partial charge in [-0.15, -0.1) is 0 Å². The third-order valence-corrected chi connectivity index (χ3v) is 7.04. The molecule has 0 atom stereocenters. The Labute approximate surface area is 187 Å². The lowest BCUT2D eigenvalue weighted by Crippen LogP contribution is -2.43. The molecule has 0 saturated heterocycles. The third kappa shape index (κ3) is 7.04. The molecule has 3 rings (SSSR count). The van der Waals surface area contributed by atoms with Gasteiger partial charge in [0.15, 0.2) is 0 Å². The second kappa shape index (κ2) is 10.5. The summed E-state index contributed by atoms with van der Waals surface area (Å²) >= 11 is 0. The van der Waals surface area contributed by atoms with E-state index in [1.54, 1.807) is 24.3 Å². The van der Waals surface area contributed by atoms with Crippen molar-refractivity contribution in [3.63, 3.8) is 0 Å². The summed E-state index contributed by atoms with van der Waals surface area (Å²) in [6, 6.07) is 7.86. The van der Waals surface area contributed by atoms with Crippen LogP contribution in [0.3, 0.4) is 0 Å². The first-order chi connectivity index (χ1) is 15.1. The second-order valence-electron chi connectivity index (χ2n) is 8.71. The minimum atomic E-state index is -3.72. The number of aromatic amines is 1. The Morgan fingerprint density at radius 1 is 1.19 bits per heavy atom. The molecule has 1 heterocycles. The fourth-order valence-corrected chi connectivity index (χ4v) is 5.19.